The first-order valence-electron chi connectivity index (χ1n) is 5.36. The Hall–Kier alpha value is -1.64. The van der Waals surface area contributed by atoms with Crippen LogP contribution in [0.15, 0.2) is 35.1 Å². The fraction of sp³-hybridized carbons (Fsp3) is 0.167. The number of hydrogen-bond acceptors (Lipinski definition) is 2. The lowest BCUT2D eigenvalue weighted by Gasteiger charge is -2.13. The Morgan fingerprint density at radius 1 is 0.857 bits per heavy atom. The van der Waals surface area contributed by atoms with Gasteiger partial charge in [0.2, 0.25) is 0 Å². The van der Waals surface area contributed by atoms with Gasteiger partial charge in [-0.05, 0) is 40.2 Å². The molecular formula is C12H5BrF6N2. The van der Waals surface area contributed by atoms with Crippen LogP contribution < -0.4 is 0 Å². The van der Waals surface area contributed by atoms with Crippen molar-refractivity contribution >= 4 is 15.9 Å². The number of rotatable bonds is 1. The van der Waals surface area contributed by atoms with Crippen molar-refractivity contribution in [2.24, 2.45) is 0 Å². The molecule has 0 aliphatic rings. The van der Waals surface area contributed by atoms with Gasteiger partial charge in [0, 0.05) is 11.8 Å². The minimum absolute atomic E-state index is 0.0570. The van der Waals surface area contributed by atoms with E-state index in [0.717, 1.165) is 0 Å². The molecule has 1 aromatic heterocycles. The molecule has 9 heteroatoms. The normalized spacial score (nSPS) is 12.5. The van der Waals surface area contributed by atoms with E-state index in [1.807, 2.05) is 0 Å². The third-order valence-electron chi connectivity index (χ3n) is 2.47. The molecule has 0 unspecified atom stereocenters. The maximum Gasteiger partial charge on any atom is 0.416 e. The predicted molar refractivity (Wildman–Crippen MR) is 65.2 cm³/mol. The van der Waals surface area contributed by atoms with Crippen molar-refractivity contribution in [3.63, 3.8) is 0 Å². The fourth-order valence-corrected chi connectivity index (χ4v) is 1.85. The van der Waals surface area contributed by atoms with E-state index in [1.54, 1.807) is 0 Å². The summed E-state index contributed by atoms with van der Waals surface area (Å²) in [6.45, 7) is 0. The molecule has 21 heavy (non-hydrogen) atoms. The van der Waals surface area contributed by atoms with Crippen LogP contribution >= 0.6 is 15.9 Å². The Kier molecular flexibility index (Phi) is 3.96. The van der Waals surface area contributed by atoms with Crippen LogP contribution in [0, 0.1) is 0 Å². The molecule has 2 rings (SSSR count). The molecule has 0 atom stereocenters. The van der Waals surface area contributed by atoms with E-state index in [4.69, 9.17) is 0 Å². The molecule has 0 bridgehead atoms. The van der Waals surface area contributed by atoms with Gasteiger partial charge in [0.15, 0.2) is 5.82 Å². The Labute approximate surface area is 123 Å². The summed E-state index contributed by atoms with van der Waals surface area (Å²) in [7, 11) is 0. The Morgan fingerprint density at radius 2 is 1.38 bits per heavy atom. The average Bonchev–Trinajstić information content (AvgIpc) is 2.36. The maximum atomic E-state index is 12.7. The predicted octanol–water partition coefficient (Wildman–Crippen LogP) is 4.94. The molecule has 0 spiro atoms. The molecule has 1 heterocycles. The van der Waals surface area contributed by atoms with E-state index >= 15 is 0 Å². The van der Waals surface area contributed by atoms with Gasteiger partial charge in [-0.1, -0.05) is 0 Å². The zero-order chi connectivity index (χ0) is 15.8. The Morgan fingerprint density at radius 3 is 1.81 bits per heavy atom. The van der Waals surface area contributed by atoms with E-state index in [-0.39, 0.29) is 22.1 Å². The van der Waals surface area contributed by atoms with Crippen LogP contribution in [0.2, 0.25) is 0 Å². The molecule has 2 nitrogen and oxygen atoms in total. The molecule has 0 saturated carbocycles. The highest BCUT2D eigenvalue weighted by atomic mass is 79.9. The second-order valence-corrected chi connectivity index (χ2v) is 4.81. The minimum atomic E-state index is -4.90. The summed E-state index contributed by atoms with van der Waals surface area (Å²) in [5, 5.41) is 0. The van der Waals surface area contributed by atoms with E-state index in [2.05, 4.69) is 25.9 Å². The lowest BCUT2D eigenvalue weighted by molar-refractivity contribution is -0.143. The number of halogens is 7. The third kappa shape index (κ3) is 3.72. The molecule has 1 aromatic carbocycles. The zero-order valence-corrected chi connectivity index (χ0v) is 11.5. The van der Waals surface area contributed by atoms with Gasteiger partial charge in [0.25, 0.3) is 0 Å². The summed E-state index contributed by atoms with van der Waals surface area (Å²) in [6, 6.07) is 2.62. The van der Waals surface area contributed by atoms with Gasteiger partial charge >= 0.3 is 12.4 Å². The van der Waals surface area contributed by atoms with Gasteiger partial charge in [-0.25, -0.2) is 9.97 Å². The van der Waals surface area contributed by atoms with E-state index < -0.39 is 23.5 Å². The molecule has 0 radical (unpaired) electrons. The first kappa shape index (κ1) is 15.7. The summed E-state index contributed by atoms with van der Waals surface area (Å²) in [5.74, 6) is -0.235. The highest BCUT2D eigenvalue weighted by Crippen LogP contribution is 2.38. The standard InChI is InChI=1S/C12H5BrF6N2/c13-9-1-2-20-10(21-9)6-3-7(11(14,15)16)5-8(4-6)12(17,18)19/h1-5H. The SMILES string of the molecule is FC(F)(F)c1cc(-c2nccc(Br)n2)cc(C(F)(F)F)c1. The number of aromatic nitrogens is 2. The van der Waals surface area contributed by atoms with Crippen molar-refractivity contribution in [1.82, 2.24) is 9.97 Å². The Balaban J connectivity index is 2.66. The molecule has 112 valence electrons. The van der Waals surface area contributed by atoms with Crippen LogP contribution in [0.5, 0.6) is 0 Å². The summed E-state index contributed by atoms with van der Waals surface area (Å²) < 4.78 is 76.5. The van der Waals surface area contributed by atoms with Crippen LogP contribution in [0.4, 0.5) is 26.3 Å². The van der Waals surface area contributed by atoms with Gasteiger partial charge < -0.3 is 0 Å². The van der Waals surface area contributed by atoms with Gasteiger partial charge in [-0.3, -0.25) is 0 Å². The molecule has 0 aliphatic carbocycles. The summed E-state index contributed by atoms with van der Waals surface area (Å²) >= 11 is 2.98. The quantitative estimate of drug-likeness (QED) is 0.524. The summed E-state index contributed by atoms with van der Waals surface area (Å²) in [4.78, 5) is 7.44. The first-order chi connectivity index (χ1) is 9.57. The second-order valence-electron chi connectivity index (χ2n) is 4.00. The molecule has 2 aromatic rings. The van der Waals surface area contributed by atoms with Crippen molar-refractivity contribution in [1.29, 1.82) is 0 Å². The summed E-state index contributed by atoms with van der Waals surface area (Å²) in [6.07, 6.45) is -8.58. The lowest BCUT2D eigenvalue weighted by Crippen LogP contribution is -2.11. The molecule has 0 amide bonds. The third-order valence-corrected chi connectivity index (χ3v) is 2.91. The van der Waals surface area contributed by atoms with Gasteiger partial charge in [-0.2, -0.15) is 26.3 Å². The van der Waals surface area contributed by atoms with Crippen molar-refractivity contribution in [3.8, 4) is 11.4 Å². The number of benzene rings is 1. The molecule has 0 N–H and O–H groups in total. The second kappa shape index (κ2) is 5.28. The van der Waals surface area contributed by atoms with Gasteiger partial charge in [0.05, 0.1) is 11.1 Å². The molecule has 0 fully saturated rings. The zero-order valence-electron chi connectivity index (χ0n) is 9.93. The maximum absolute atomic E-state index is 12.7. The first-order valence-corrected chi connectivity index (χ1v) is 6.15. The van der Waals surface area contributed by atoms with Crippen LogP contribution in [-0.4, -0.2) is 9.97 Å². The van der Waals surface area contributed by atoms with Crippen LogP contribution in [0.25, 0.3) is 11.4 Å². The largest absolute Gasteiger partial charge is 0.416 e. The molecular weight excluding hydrogens is 366 g/mol. The van der Waals surface area contributed by atoms with Crippen molar-refractivity contribution in [2.45, 2.75) is 12.4 Å². The smallest absolute Gasteiger partial charge is 0.237 e. The van der Waals surface area contributed by atoms with Gasteiger partial charge in [-0.15, -0.1) is 0 Å². The minimum Gasteiger partial charge on any atom is -0.237 e. The number of alkyl halides is 6. The average molecular weight is 371 g/mol. The highest BCUT2D eigenvalue weighted by molar-refractivity contribution is 9.10. The molecule has 0 aliphatic heterocycles. The lowest BCUT2D eigenvalue weighted by atomic mass is 10.0. The number of nitrogens with zero attached hydrogens (tertiary/aromatic N) is 2. The monoisotopic (exact) mass is 370 g/mol. The topological polar surface area (TPSA) is 25.8 Å². The summed E-state index contributed by atoms with van der Waals surface area (Å²) in [5.41, 5.74) is -3.18. The van der Waals surface area contributed by atoms with E-state index in [9.17, 15) is 26.3 Å². The van der Waals surface area contributed by atoms with E-state index in [1.165, 1.54) is 12.3 Å². The van der Waals surface area contributed by atoms with Gasteiger partial charge in [0.1, 0.15) is 4.60 Å². The van der Waals surface area contributed by atoms with Crippen molar-refractivity contribution < 1.29 is 26.3 Å². The van der Waals surface area contributed by atoms with Crippen molar-refractivity contribution in [3.05, 3.63) is 46.2 Å². The van der Waals surface area contributed by atoms with E-state index in [0.29, 0.717) is 12.1 Å². The van der Waals surface area contributed by atoms with Crippen LogP contribution in [0.3, 0.4) is 0 Å². The highest BCUT2D eigenvalue weighted by Gasteiger charge is 2.37. The Bertz CT molecular complexity index is 633. The van der Waals surface area contributed by atoms with Crippen molar-refractivity contribution in [2.75, 3.05) is 0 Å². The fourth-order valence-electron chi connectivity index (χ4n) is 1.56. The molecule has 0 saturated heterocycles. The number of hydrogen-bond donors (Lipinski definition) is 0. The van der Waals surface area contributed by atoms with Crippen LogP contribution in [-0.2, 0) is 12.4 Å². The van der Waals surface area contributed by atoms with Crippen LogP contribution in [0.1, 0.15) is 11.1 Å².